The van der Waals surface area contributed by atoms with E-state index in [9.17, 15) is 0 Å². The van der Waals surface area contributed by atoms with E-state index in [4.69, 9.17) is 0 Å². The van der Waals surface area contributed by atoms with Crippen molar-refractivity contribution in [2.45, 2.75) is 32.9 Å². The molecule has 0 N–H and O–H groups in total. The lowest BCUT2D eigenvalue weighted by molar-refractivity contribution is 1.17. The highest BCUT2D eigenvalue weighted by atomic mass is 79.9. The molecule has 0 spiro atoms. The number of rotatable bonds is 2. The molecule has 0 fully saturated rings. The Balaban J connectivity index is 1.95. The summed E-state index contributed by atoms with van der Waals surface area (Å²) in [7, 11) is -1.69. The molecule has 0 unspecified atom stereocenters. The van der Waals surface area contributed by atoms with Crippen LogP contribution in [0.25, 0.3) is 21.9 Å². The molecule has 25 heavy (non-hydrogen) atoms. The Labute approximate surface area is 159 Å². The monoisotopic (exact) mass is 404 g/mol. The zero-order valence-electron chi connectivity index (χ0n) is 14.9. The van der Waals surface area contributed by atoms with Crippen LogP contribution in [0.1, 0.15) is 30.0 Å². The van der Waals surface area contributed by atoms with E-state index in [1.54, 1.807) is 21.5 Å². The molecule has 0 atom stereocenters. The number of allylic oxidation sites excluding steroid dienone is 5. The van der Waals surface area contributed by atoms with Crippen LogP contribution in [0.3, 0.4) is 0 Å². The third-order valence-electron chi connectivity index (χ3n) is 6.06. The van der Waals surface area contributed by atoms with Crippen molar-refractivity contribution in [1.82, 2.24) is 0 Å². The summed E-state index contributed by atoms with van der Waals surface area (Å²) in [5.41, 5.74) is 10.6. The highest BCUT2D eigenvalue weighted by Gasteiger charge is 2.48. The number of benzene rings is 2. The summed E-state index contributed by atoms with van der Waals surface area (Å²) in [4.78, 5) is 0. The van der Waals surface area contributed by atoms with Gasteiger partial charge in [0.1, 0.15) is 8.07 Å². The molecule has 0 amide bonds. The maximum absolute atomic E-state index is 4.03. The first kappa shape index (κ1) is 15.6. The van der Waals surface area contributed by atoms with Gasteiger partial charge in [0.15, 0.2) is 0 Å². The van der Waals surface area contributed by atoms with E-state index in [1.807, 2.05) is 0 Å². The van der Waals surface area contributed by atoms with Gasteiger partial charge in [0.2, 0.25) is 0 Å². The van der Waals surface area contributed by atoms with Crippen LogP contribution in [0, 0.1) is 0 Å². The fourth-order valence-corrected chi connectivity index (χ4v) is 10.3. The van der Waals surface area contributed by atoms with Crippen LogP contribution in [0.15, 0.2) is 58.6 Å². The molecule has 2 aromatic carbocycles. The molecular weight excluding hydrogens is 384 g/mol. The van der Waals surface area contributed by atoms with Gasteiger partial charge < -0.3 is 0 Å². The Hall–Kier alpha value is -1.64. The molecule has 5 rings (SSSR count). The molecule has 2 aliphatic carbocycles. The summed E-state index contributed by atoms with van der Waals surface area (Å²) in [5.74, 6) is 0. The van der Waals surface area contributed by atoms with Crippen molar-refractivity contribution in [3.8, 4) is 11.1 Å². The van der Waals surface area contributed by atoms with Gasteiger partial charge in [-0.15, -0.1) is 0 Å². The third kappa shape index (κ3) is 1.93. The second-order valence-corrected chi connectivity index (χ2v) is 13.0. The van der Waals surface area contributed by atoms with Gasteiger partial charge in [0.25, 0.3) is 0 Å². The van der Waals surface area contributed by atoms with Crippen molar-refractivity contribution in [3.05, 3.63) is 75.3 Å². The van der Waals surface area contributed by atoms with Crippen molar-refractivity contribution in [2.24, 2.45) is 0 Å². The van der Waals surface area contributed by atoms with E-state index in [-0.39, 0.29) is 0 Å². The zero-order chi connectivity index (χ0) is 17.3. The van der Waals surface area contributed by atoms with Gasteiger partial charge in [0, 0.05) is 4.47 Å². The van der Waals surface area contributed by atoms with Crippen LogP contribution in [0.5, 0.6) is 0 Å². The minimum atomic E-state index is -1.69. The predicted molar refractivity (Wildman–Crippen MR) is 115 cm³/mol. The maximum Gasteiger partial charge on any atom is 0.114 e. The fourth-order valence-electron chi connectivity index (χ4n) is 5.20. The fraction of sp³-hybridized carbons (Fsp3) is 0.217. The predicted octanol–water partition coefficient (Wildman–Crippen LogP) is 6.26. The van der Waals surface area contributed by atoms with Crippen LogP contribution in [0.2, 0.25) is 13.1 Å². The van der Waals surface area contributed by atoms with E-state index >= 15 is 0 Å². The molecule has 0 saturated heterocycles. The molecule has 0 radical (unpaired) electrons. The normalized spacial score (nSPS) is 19.1. The summed E-state index contributed by atoms with van der Waals surface area (Å²) < 4.78 is 1.36. The molecular formula is C23H21BrSi. The highest BCUT2D eigenvalue weighted by Crippen LogP contribution is 2.54. The zero-order valence-corrected chi connectivity index (χ0v) is 17.5. The third-order valence-corrected chi connectivity index (χ3v) is 10.6. The maximum atomic E-state index is 4.03. The van der Waals surface area contributed by atoms with Crippen molar-refractivity contribution in [2.75, 3.05) is 0 Å². The molecule has 2 bridgehead atoms. The van der Waals surface area contributed by atoms with Crippen LogP contribution < -0.4 is 5.19 Å². The summed E-state index contributed by atoms with van der Waals surface area (Å²) in [6.45, 7) is 7.45. The molecule has 1 aliphatic heterocycles. The average molecular weight is 405 g/mol. The summed E-state index contributed by atoms with van der Waals surface area (Å²) in [6, 6.07) is 11.1. The number of hydrogen-bond acceptors (Lipinski definition) is 0. The van der Waals surface area contributed by atoms with Gasteiger partial charge in [-0.2, -0.15) is 0 Å². The topological polar surface area (TPSA) is 0 Å². The second-order valence-electron chi connectivity index (χ2n) is 7.94. The Morgan fingerprint density at radius 1 is 1.00 bits per heavy atom. The van der Waals surface area contributed by atoms with Crippen molar-refractivity contribution < 1.29 is 0 Å². The number of hydrogen-bond donors (Lipinski definition) is 0. The van der Waals surface area contributed by atoms with Crippen LogP contribution in [-0.2, 0) is 6.42 Å². The first-order valence-corrected chi connectivity index (χ1v) is 12.8. The molecule has 0 nitrogen and oxygen atoms in total. The lowest BCUT2D eigenvalue weighted by atomic mass is 9.91. The van der Waals surface area contributed by atoms with Gasteiger partial charge in [-0.25, -0.2) is 0 Å². The lowest BCUT2D eigenvalue weighted by Crippen LogP contribution is -2.42. The molecule has 2 aromatic rings. The van der Waals surface area contributed by atoms with Crippen LogP contribution >= 0.6 is 15.9 Å². The minimum Gasteiger partial charge on any atom is -0.0801 e. The molecule has 0 saturated carbocycles. The SMILES string of the molecule is CC1=C2c3c(c(Br)c(C4=CC=CC4)c(c3-c3ccccc3)[Si]2(C)C)C1. The van der Waals surface area contributed by atoms with Crippen molar-refractivity contribution >= 4 is 40.0 Å². The average Bonchev–Trinajstić information content (AvgIpc) is 3.26. The summed E-state index contributed by atoms with van der Waals surface area (Å²) in [6.07, 6.45) is 8.97. The van der Waals surface area contributed by atoms with E-state index in [2.05, 4.69) is 84.5 Å². The Kier molecular flexibility index (Phi) is 3.23. The van der Waals surface area contributed by atoms with Gasteiger partial charge >= 0.3 is 0 Å². The Morgan fingerprint density at radius 2 is 1.76 bits per heavy atom. The summed E-state index contributed by atoms with van der Waals surface area (Å²) >= 11 is 4.03. The van der Waals surface area contributed by atoms with Gasteiger partial charge in [-0.05, 0) is 79.5 Å². The Bertz CT molecular complexity index is 1020. The largest absolute Gasteiger partial charge is 0.114 e. The van der Waals surface area contributed by atoms with Gasteiger partial charge in [0.05, 0.1) is 0 Å². The minimum absolute atomic E-state index is 1.06. The quantitative estimate of drug-likeness (QED) is 0.518. The number of fused-ring (bicyclic) bond motifs is 1. The van der Waals surface area contributed by atoms with Crippen molar-refractivity contribution in [3.63, 3.8) is 0 Å². The highest BCUT2D eigenvalue weighted by molar-refractivity contribution is 9.10. The standard InChI is InChI=1S/C23H21BrSi/c1-14-13-17-20-18(15-9-5-4-6-10-15)23(25(2,3)22(14)20)19(21(17)24)16-11-7-8-12-16/h4-11H,12-13H2,1-3H3. The van der Waals surface area contributed by atoms with E-state index < -0.39 is 8.07 Å². The second kappa shape index (κ2) is 5.18. The Morgan fingerprint density at radius 3 is 2.44 bits per heavy atom. The van der Waals surface area contributed by atoms with Gasteiger partial charge in [-0.1, -0.05) is 67.2 Å². The number of halogens is 1. The van der Waals surface area contributed by atoms with E-state index in [0.717, 1.165) is 12.8 Å². The van der Waals surface area contributed by atoms with Gasteiger partial charge in [-0.3, -0.25) is 0 Å². The lowest BCUT2D eigenvalue weighted by Gasteiger charge is -2.26. The first-order chi connectivity index (χ1) is 12.0. The first-order valence-electron chi connectivity index (χ1n) is 9.02. The molecule has 2 heteroatoms. The van der Waals surface area contributed by atoms with Crippen LogP contribution in [0.4, 0.5) is 0 Å². The van der Waals surface area contributed by atoms with E-state index in [0.29, 0.717) is 0 Å². The molecule has 3 aliphatic rings. The molecule has 124 valence electrons. The molecule has 0 aromatic heterocycles. The summed E-state index contributed by atoms with van der Waals surface area (Å²) in [5, 5.41) is 3.35. The van der Waals surface area contributed by atoms with E-state index in [1.165, 1.54) is 32.3 Å². The van der Waals surface area contributed by atoms with Crippen LogP contribution in [-0.4, -0.2) is 8.07 Å². The van der Waals surface area contributed by atoms with Crippen molar-refractivity contribution in [1.29, 1.82) is 0 Å². The smallest absolute Gasteiger partial charge is 0.0801 e. The molecule has 1 heterocycles.